The Labute approximate surface area is 323 Å². The summed E-state index contributed by atoms with van der Waals surface area (Å²) in [5, 5.41) is -1.29. The summed E-state index contributed by atoms with van der Waals surface area (Å²) in [6.07, 6.45) is -15.8. The van der Waals surface area contributed by atoms with Crippen LogP contribution in [0.15, 0.2) is 54.6 Å². The smallest absolute Gasteiger partial charge is 0.166 e. The predicted octanol–water partition coefficient (Wildman–Crippen LogP) is 14.5. The van der Waals surface area contributed by atoms with Gasteiger partial charge in [0.2, 0.25) is 0 Å². The van der Waals surface area contributed by atoms with Gasteiger partial charge >= 0.3 is 24.7 Å². The molecule has 3 atom stereocenters. The minimum absolute atomic E-state index is 0.00259. The van der Waals surface area contributed by atoms with Crippen LogP contribution < -0.4 is 15.9 Å². The fourth-order valence-electron chi connectivity index (χ4n) is 9.67. The minimum Gasteiger partial charge on any atom is -0.166 e. The number of halogens is 12. The van der Waals surface area contributed by atoms with E-state index in [0.29, 0.717) is 36.2 Å². The molecule has 3 aromatic carbocycles. The monoisotopic (exact) mass is 842 g/mol. The Bertz CT molecular complexity index is 1700. The molecular formula is C42H48F12P2. The van der Waals surface area contributed by atoms with Gasteiger partial charge in [0.1, 0.15) is 0 Å². The highest BCUT2D eigenvalue weighted by Crippen LogP contribution is 2.67. The summed E-state index contributed by atoms with van der Waals surface area (Å²) >= 11 is 0. The van der Waals surface area contributed by atoms with Crippen LogP contribution >= 0.6 is 15.8 Å². The van der Waals surface area contributed by atoms with Crippen molar-refractivity contribution in [2.24, 2.45) is 5.92 Å². The van der Waals surface area contributed by atoms with Crippen molar-refractivity contribution in [3.05, 3.63) is 88.0 Å². The Hall–Kier alpha value is -2.32. The van der Waals surface area contributed by atoms with Crippen LogP contribution in [-0.2, 0) is 24.7 Å². The molecule has 5 rings (SSSR count). The van der Waals surface area contributed by atoms with E-state index in [1.54, 1.807) is 6.07 Å². The van der Waals surface area contributed by atoms with Crippen LogP contribution in [0.4, 0.5) is 52.7 Å². The van der Waals surface area contributed by atoms with Crippen molar-refractivity contribution in [3.8, 4) is 0 Å². The average Bonchev–Trinajstić information content (AvgIpc) is 3.75. The highest BCUT2D eigenvalue weighted by atomic mass is 31.1. The molecule has 2 aliphatic rings. The van der Waals surface area contributed by atoms with Crippen molar-refractivity contribution in [1.82, 2.24) is 0 Å². The first kappa shape index (κ1) is 44.8. The van der Waals surface area contributed by atoms with Gasteiger partial charge < -0.3 is 0 Å². The molecule has 0 saturated heterocycles. The quantitative estimate of drug-likeness (QED) is 0.164. The van der Waals surface area contributed by atoms with Gasteiger partial charge in [0, 0.05) is 0 Å². The first-order valence-electron chi connectivity index (χ1n) is 18.8. The van der Waals surface area contributed by atoms with Crippen molar-refractivity contribution in [2.75, 3.05) is 0 Å². The molecule has 0 bridgehead atoms. The van der Waals surface area contributed by atoms with E-state index in [2.05, 4.69) is 48.5 Å². The first-order chi connectivity index (χ1) is 25.5. The number of alkyl halides is 12. The molecule has 310 valence electrons. The van der Waals surface area contributed by atoms with Crippen LogP contribution in [0.1, 0.15) is 139 Å². The predicted molar refractivity (Wildman–Crippen MR) is 202 cm³/mol. The number of hydrogen-bond acceptors (Lipinski definition) is 0. The summed E-state index contributed by atoms with van der Waals surface area (Å²) in [6.45, 7) is 15.3. The van der Waals surface area contributed by atoms with Crippen molar-refractivity contribution >= 4 is 31.8 Å². The van der Waals surface area contributed by atoms with Gasteiger partial charge in [-0.15, -0.1) is 0 Å². The van der Waals surface area contributed by atoms with Gasteiger partial charge in [-0.2, -0.15) is 52.7 Å². The van der Waals surface area contributed by atoms with E-state index in [1.807, 2.05) is 6.07 Å². The molecule has 0 nitrogen and oxygen atoms in total. The molecule has 3 aromatic rings. The first-order valence-corrected chi connectivity index (χ1v) is 21.6. The van der Waals surface area contributed by atoms with Crippen LogP contribution in [0.25, 0.3) is 0 Å². The van der Waals surface area contributed by atoms with Crippen LogP contribution in [0.5, 0.6) is 0 Å². The van der Waals surface area contributed by atoms with Crippen LogP contribution in [0.2, 0.25) is 0 Å². The van der Waals surface area contributed by atoms with Gasteiger partial charge in [0.15, 0.2) is 0 Å². The molecule has 2 fully saturated rings. The van der Waals surface area contributed by atoms with Crippen LogP contribution in [0, 0.1) is 5.92 Å². The third kappa shape index (κ3) is 9.75. The molecule has 56 heavy (non-hydrogen) atoms. The van der Waals surface area contributed by atoms with E-state index in [0.717, 1.165) is 44.1 Å². The molecule has 2 aliphatic carbocycles. The van der Waals surface area contributed by atoms with E-state index in [-0.39, 0.29) is 51.2 Å². The van der Waals surface area contributed by atoms with Crippen LogP contribution in [0.3, 0.4) is 0 Å². The van der Waals surface area contributed by atoms with Crippen LogP contribution in [-0.4, -0.2) is 16.0 Å². The lowest BCUT2D eigenvalue weighted by atomic mass is 9.80. The molecule has 0 amide bonds. The third-order valence-corrected chi connectivity index (χ3v) is 17.7. The maximum absolute atomic E-state index is 14.4. The molecular weight excluding hydrogens is 794 g/mol. The van der Waals surface area contributed by atoms with Crippen molar-refractivity contribution < 1.29 is 52.7 Å². The second-order valence-electron chi connectivity index (χ2n) is 17.3. The van der Waals surface area contributed by atoms with E-state index in [1.165, 1.54) is 6.07 Å². The van der Waals surface area contributed by atoms with Gasteiger partial charge in [-0.3, -0.25) is 0 Å². The molecule has 0 aliphatic heterocycles. The summed E-state index contributed by atoms with van der Waals surface area (Å²) in [5.74, 6) is -0.320. The zero-order valence-electron chi connectivity index (χ0n) is 32.4. The van der Waals surface area contributed by atoms with E-state index < -0.39 is 73.4 Å². The lowest BCUT2D eigenvalue weighted by Gasteiger charge is -2.48. The Balaban J connectivity index is 1.92. The normalized spacial score (nSPS) is 20.1. The second-order valence-corrected chi connectivity index (χ2v) is 23.7. The average molecular weight is 843 g/mol. The van der Waals surface area contributed by atoms with Gasteiger partial charge in [-0.1, -0.05) is 93.8 Å². The molecule has 0 heterocycles. The number of benzene rings is 3. The standard InChI is InChI=1S/C42H48F12P2/c1-24(56(37(2,3)4)38(5,6)7)32-14-10-16-34(32)36-33(25-12-8-9-13-25)15-11-17-35(36)55(30-20-26(39(43,44)45)18-27(21-30)40(46,47)48)31-22-28(41(49,50)51)19-29(23-31)42(52,53)54/h11,15,17-25,32,34H,8-10,12-14,16H2,1-7H3/t24-,32?,34?/m1/s1. The Morgan fingerprint density at radius 3 is 1.32 bits per heavy atom. The van der Waals surface area contributed by atoms with Crippen molar-refractivity contribution in [3.63, 3.8) is 0 Å². The SMILES string of the molecule is C[C@H](C1CCCC1c1c(C2CCCC2)cccc1P(c1cc(C(F)(F)F)cc(C(F)(F)F)c1)c1cc(C(F)(F)F)cc(C(F)(F)F)c1)P(C(C)(C)C)C(C)(C)C. The topological polar surface area (TPSA) is 0 Å². The van der Waals surface area contributed by atoms with Crippen molar-refractivity contribution in [2.45, 2.75) is 146 Å². The maximum atomic E-state index is 14.4. The number of rotatable bonds is 7. The summed E-state index contributed by atoms with van der Waals surface area (Å²) in [5.41, 5.74) is -5.17. The molecule has 0 spiro atoms. The zero-order chi connectivity index (χ0) is 42.0. The van der Waals surface area contributed by atoms with Gasteiger partial charge in [0.05, 0.1) is 22.3 Å². The van der Waals surface area contributed by atoms with Gasteiger partial charge in [-0.25, -0.2) is 0 Å². The molecule has 2 unspecified atom stereocenters. The largest absolute Gasteiger partial charge is 0.416 e. The highest BCUT2D eigenvalue weighted by Gasteiger charge is 2.47. The van der Waals surface area contributed by atoms with Crippen molar-refractivity contribution in [1.29, 1.82) is 0 Å². The summed E-state index contributed by atoms with van der Waals surface area (Å²) in [6, 6.07) is 6.72. The second kappa shape index (κ2) is 15.7. The Kier molecular flexibility index (Phi) is 12.5. The summed E-state index contributed by atoms with van der Waals surface area (Å²) in [4.78, 5) is 0. The zero-order valence-corrected chi connectivity index (χ0v) is 34.2. The maximum Gasteiger partial charge on any atom is 0.416 e. The lowest BCUT2D eigenvalue weighted by Crippen LogP contribution is -2.36. The molecule has 0 N–H and O–H groups in total. The Morgan fingerprint density at radius 2 is 0.946 bits per heavy atom. The molecule has 0 aromatic heterocycles. The summed E-state index contributed by atoms with van der Waals surface area (Å²) < 4.78 is 173. The molecule has 14 heteroatoms. The van der Waals surface area contributed by atoms with Gasteiger partial charge in [-0.05, 0) is 131 Å². The lowest BCUT2D eigenvalue weighted by molar-refractivity contribution is -0.144. The van der Waals surface area contributed by atoms with Gasteiger partial charge in [0.25, 0.3) is 0 Å². The fourth-order valence-corrected chi connectivity index (χ4v) is 17.6. The van der Waals surface area contributed by atoms with E-state index in [9.17, 15) is 52.7 Å². The molecule has 0 radical (unpaired) electrons. The minimum atomic E-state index is -5.31. The highest BCUT2D eigenvalue weighted by molar-refractivity contribution is 7.80. The Morgan fingerprint density at radius 1 is 0.536 bits per heavy atom. The summed E-state index contributed by atoms with van der Waals surface area (Å²) in [7, 11) is -3.59. The molecule has 2 saturated carbocycles. The number of hydrogen-bond donors (Lipinski definition) is 0. The van der Waals surface area contributed by atoms with E-state index >= 15 is 0 Å². The van der Waals surface area contributed by atoms with E-state index in [4.69, 9.17) is 0 Å². The third-order valence-electron chi connectivity index (χ3n) is 11.2. The fraction of sp³-hybridized carbons (Fsp3) is 0.571.